The zero-order valence-electron chi connectivity index (χ0n) is 9.41. The number of carboxylic acid groups (broad SMARTS) is 1. The van der Waals surface area contributed by atoms with Gasteiger partial charge in [-0.3, -0.25) is 4.79 Å². The van der Waals surface area contributed by atoms with Gasteiger partial charge in [0.05, 0.1) is 11.7 Å². The molecule has 0 heterocycles. The molecule has 4 nitrogen and oxygen atoms in total. The number of nitrogens with two attached hydrogens (primary N) is 1. The zero-order valence-corrected chi connectivity index (χ0v) is 9.41. The number of aliphatic carboxylic acids is 1. The van der Waals surface area contributed by atoms with Gasteiger partial charge in [-0.25, -0.2) is 0 Å². The van der Waals surface area contributed by atoms with Crippen LogP contribution in [0.2, 0.25) is 0 Å². The SMILES string of the molecule is CCCC(C)(C)O[C@H](C)[C@H](N)C(=O)O. The first-order valence-electron chi connectivity index (χ1n) is 4.96. The molecule has 0 radical (unpaired) electrons. The molecule has 3 N–H and O–H groups in total. The molecular weight excluding hydrogens is 182 g/mol. The van der Waals surface area contributed by atoms with E-state index in [1.807, 2.05) is 13.8 Å². The summed E-state index contributed by atoms with van der Waals surface area (Å²) in [6, 6.07) is -0.953. The first-order chi connectivity index (χ1) is 6.30. The molecule has 0 fully saturated rings. The molecule has 0 aromatic heterocycles. The van der Waals surface area contributed by atoms with Gasteiger partial charge in [-0.05, 0) is 27.2 Å². The van der Waals surface area contributed by atoms with Gasteiger partial charge >= 0.3 is 5.97 Å². The molecule has 0 aromatic rings. The summed E-state index contributed by atoms with van der Waals surface area (Å²) >= 11 is 0. The molecule has 0 unspecified atom stereocenters. The lowest BCUT2D eigenvalue weighted by atomic mass is 10.0. The quantitative estimate of drug-likeness (QED) is 0.684. The molecule has 14 heavy (non-hydrogen) atoms. The second-order valence-corrected chi connectivity index (χ2v) is 4.20. The van der Waals surface area contributed by atoms with Crippen molar-refractivity contribution in [3.8, 4) is 0 Å². The number of hydrogen-bond donors (Lipinski definition) is 2. The van der Waals surface area contributed by atoms with Crippen LogP contribution in [0.15, 0.2) is 0 Å². The molecule has 84 valence electrons. The fraction of sp³-hybridized carbons (Fsp3) is 0.900. The third-order valence-corrected chi connectivity index (χ3v) is 2.15. The van der Waals surface area contributed by atoms with E-state index in [9.17, 15) is 4.79 Å². The van der Waals surface area contributed by atoms with Crippen LogP contribution in [-0.4, -0.2) is 28.8 Å². The van der Waals surface area contributed by atoms with Crippen molar-refractivity contribution >= 4 is 5.97 Å². The highest BCUT2D eigenvalue weighted by molar-refractivity contribution is 5.73. The number of ether oxygens (including phenoxy) is 1. The van der Waals surface area contributed by atoms with E-state index in [1.54, 1.807) is 6.92 Å². The van der Waals surface area contributed by atoms with Crippen molar-refractivity contribution in [1.29, 1.82) is 0 Å². The fourth-order valence-corrected chi connectivity index (χ4v) is 1.44. The predicted molar refractivity (Wildman–Crippen MR) is 55.1 cm³/mol. The molecule has 4 heteroatoms. The Morgan fingerprint density at radius 2 is 2.07 bits per heavy atom. The third kappa shape index (κ3) is 4.58. The molecule has 0 aliphatic carbocycles. The van der Waals surface area contributed by atoms with Crippen molar-refractivity contribution in [2.75, 3.05) is 0 Å². The normalized spacial score (nSPS) is 16.4. The summed E-state index contributed by atoms with van der Waals surface area (Å²) in [5.41, 5.74) is 5.13. The van der Waals surface area contributed by atoms with Crippen LogP contribution in [0.3, 0.4) is 0 Å². The highest BCUT2D eigenvalue weighted by Crippen LogP contribution is 2.19. The van der Waals surface area contributed by atoms with Gasteiger partial charge in [-0.1, -0.05) is 13.3 Å². The first-order valence-corrected chi connectivity index (χ1v) is 4.96. The summed E-state index contributed by atoms with van der Waals surface area (Å²) in [4.78, 5) is 10.6. The van der Waals surface area contributed by atoms with Crippen LogP contribution in [0.1, 0.15) is 40.5 Å². The van der Waals surface area contributed by atoms with E-state index in [0.29, 0.717) is 0 Å². The lowest BCUT2D eigenvalue weighted by Gasteiger charge is -2.30. The van der Waals surface area contributed by atoms with E-state index in [1.165, 1.54) is 0 Å². The zero-order chi connectivity index (χ0) is 11.4. The topological polar surface area (TPSA) is 72.5 Å². The van der Waals surface area contributed by atoms with Gasteiger partial charge in [-0.2, -0.15) is 0 Å². The minimum atomic E-state index is -1.02. The van der Waals surface area contributed by atoms with Crippen LogP contribution < -0.4 is 5.73 Å². The lowest BCUT2D eigenvalue weighted by molar-refractivity contribution is -0.146. The first kappa shape index (κ1) is 13.4. The Balaban J connectivity index is 4.16. The molecule has 2 atom stereocenters. The van der Waals surface area contributed by atoms with Crippen LogP contribution in [0.5, 0.6) is 0 Å². The molecule has 0 saturated heterocycles. The van der Waals surface area contributed by atoms with E-state index in [4.69, 9.17) is 15.6 Å². The molecule has 0 rings (SSSR count). The summed E-state index contributed by atoms with van der Waals surface area (Å²) in [6.45, 7) is 7.65. The number of rotatable bonds is 6. The highest BCUT2D eigenvalue weighted by Gasteiger charge is 2.27. The summed E-state index contributed by atoms with van der Waals surface area (Å²) in [6.07, 6.45) is 1.43. The fourth-order valence-electron chi connectivity index (χ4n) is 1.44. The lowest BCUT2D eigenvalue weighted by Crippen LogP contribution is -2.45. The Morgan fingerprint density at radius 1 is 1.57 bits per heavy atom. The third-order valence-electron chi connectivity index (χ3n) is 2.15. The van der Waals surface area contributed by atoms with Crippen molar-refractivity contribution in [1.82, 2.24) is 0 Å². The van der Waals surface area contributed by atoms with Crippen molar-refractivity contribution in [3.63, 3.8) is 0 Å². The van der Waals surface area contributed by atoms with Gasteiger partial charge in [0.2, 0.25) is 0 Å². The van der Waals surface area contributed by atoms with Crippen molar-refractivity contribution in [2.45, 2.75) is 58.3 Å². The molecule has 0 aliphatic rings. The molecular formula is C10H21NO3. The summed E-state index contributed by atoms with van der Waals surface area (Å²) in [5, 5.41) is 8.67. The van der Waals surface area contributed by atoms with Crippen LogP contribution in [0, 0.1) is 0 Å². The van der Waals surface area contributed by atoms with Crippen LogP contribution in [0.25, 0.3) is 0 Å². The summed E-state index contributed by atoms with van der Waals surface area (Å²) < 4.78 is 5.60. The minimum Gasteiger partial charge on any atom is -0.480 e. The van der Waals surface area contributed by atoms with E-state index in [2.05, 4.69) is 6.92 Å². The molecule has 0 aromatic carbocycles. The Bertz CT molecular complexity index is 192. The van der Waals surface area contributed by atoms with E-state index in [-0.39, 0.29) is 5.60 Å². The Morgan fingerprint density at radius 3 is 2.43 bits per heavy atom. The van der Waals surface area contributed by atoms with Crippen molar-refractivity contribution < 1.29 is 14.6 Å². The second kappa shape index (κ2) is 5.32. The smallest absolute Gasteiger partial charge is 0.323 e. The van der Waals surface area contributed by atoms with Crippen LogP contribution in [0.4, 0.5) is 0 Å². The van der Waals surface area contributed by atoms with Crippen LogP contribution >= 0.6 is 0 Å². The second-order valence-electron chi connectivity index (χ2n) is 4.20. The maximum absolute atomic E-state index is 10.6. The maximum atomic E-state index is 10.6. The Kier molecular flexibility index (Phi) is 5.08. The average molecular weight is 203 g/mol. The largest absolute Gasteiger partial charge is 0.480 e. The van der Waals surface area contributed by atoms with Gasteiger partial charge in [0, 0.05) is 0 Å². The predicted octanol–water partition coefficient (Wildman–Crippen LogP) is 1.38. The van der Waals surface area contributed by atoms with Crippen molar-refractivity contribution in [2.24, 2.45) is 5.73 Å². The van der Waals surface area contributed by atoms with E-state index in [0.717, 1.165) is 12.8 Å². The van der Waals surface area contributed by atoms with Gasteiger partial charge < -0.3 is 15.6 Å². The average Bonchev–Trinajstić information content (AvgIpc) is 2.01. The van der Waals surface area contributed by atoms with Gasteiger partial charge in [0.15, 0.2) is 0 Å². The molecule has 0 spiro atoms. The van der Waals surface area contributed by atoms with Gasteiger partial charge in [-0.15, -0.1) is 0 Å². The van der Waals surface area contributed by atoms with E-state index >= 15 is 0 Å². The van der Waals surface area contributed by atoms with Crippen molar-refractivity contribution in [3.05, 3.63) is 0 Å². The Labute approximate surface area is 85.4 Å². The molecule has 0 bridgehead atoms. The van der Waals surface area contributed by atoms with E-state index < -0.39 is 18.1 Å². The highest BCUT2D eigenvalue weighted by atomic mass is 16.5. The van der Waals surface area contributed by atoms with Gasteiger partial charge in [0.1, 0.15) is 6.04 Å². The molecule has 0 saturated carbocycles. The summed E-state index contributed by atoms with van der Waals surface area (Å²) in [7, 11) is 0. The Hall–Kier alpha value is -0.610. The molecule has 0 aliphatic heterocycles. The monoisotopic (exact) mass is 203 g/mol. The summed E-state index contributed by atoms with van der Waals surface area (Å²) in [5.74, 6) is -1.02. The maximum Gasteiger partial charge on any atom is 0.323 e. The number of carboxylic acids is 1. The minimum absolute atomic E-state index is 0.304. The number of hydrogen-bond acceptors (Lipinski definition) is 3. The van der Waals surface area contributed by atoms with Gasteiger partial charge in [0.25, 0.3) is 0 Å². The molecule has 0 amide bonds. The number of carbonyl (C=O) groups is 1. The van der Waals surface area contributed by atoms with Crippen LogP contribution in [-0.2, 0) is 9.53 Å². The standard InChI is InChI=1S/C10H21NO3/c1-5-6-10(3,4)14-7(2)8(11)9(12)13/h7-8H,5-6,11H2,1-4H3,(H,12,13)/t7-,8+/m1/s1.